The summed E-state index contributed by atoms with van der Waals surface area (Å²) in [6.07, 6.45) is 0.616. The number of aryl methyl sites for hydroxylation is 1. The summed E-state index contributed by atoms with van der Waals surface area (Å²) in [5.41, 5.74) is 1.54. The first-order chi connectivity index (χ1) is 9.56. The van der Waals surface area contributed by atoms with Gasteiger partial charge in [0.25, 0.3) is 5.69 Å². The minimum atomic E-state index is -0.559. The van der Waals surface area contributed by atoms with Crippen LogP contribution in [0.2, 0.25) is 0 Å². The molecule has 1 aromatic carbocycles. The van der Waals surface area contributed by atoms with Gasteiger partial charge in [0.15, 0.2) is 0 Å². The molecule has 0 spiro atoms. The fraction of sp³-hybridized carbons (Fsp3) is 0.214. The average molecular weight is 275 g/mol. The molecule has 0 saturated carbocycles. The quantitative estimate of drug-likeness (QED) is 0.486. The highest BCUT2D eigenvalue weighted by molar-refractivity contribution is 5.87. The van der Waals surface area contributed by atoms with Crippen molar-refractivity contribution in [1.82, 2.24) is 0 Å². The standard InChI is InChI=1S/C14H13NO5/c1-3-9-8-10(15(17)18)4-5-11(9)12-6-7-13(20-12)14(16)19-2/h4-8H,3H2,1-2H3. The van der Waals surface area contributed by atoms with Crippen LogP contribution < -0.4 is 0 Å². The molecule has 0 amide bonds. The van der Waals surface area contributed by atoms with E-state index < -0.39 is 10.9 Å². The highest BCUT2D eigenvalue weighted by Gasteiger charge is 2.16. The largest absolute Gasteiger partial charge is 0.463 e. The van der Waals surface area contributed by atoms with Crippen LogP contribution in [0.4, 0.5) is 5.69 Å². The van der Waals surface area contributed by atoms with E-state index in [4.69, 9.17) is 4.42 Å². The van der Waals surface area contributed by atoms with Gasteiger partial charge in [-0.15, -0.1) is 0 Å². The van der Waals surface area contributed by atoms with Gasteiger partial charge in [-0.3, -0.25) is 10.1 Å². The second-order valence-electron chi connectivity index (χ2n) is 4.11. The van der Waals surface area contributed by atoms with E-state index in [0.29, 0.717) is 12.2 Å². The second-order valence-corrected chi connectivity index (χ2v) is 4.11. The number of carbonyl (C=O) groups is 1. The number of non-ortho nitro benzene ring substituents is 1. The van der Waals surface area contributed by atoms with Crippen molar-refractivity contribution >= 4 is 11.7 Å². The SMILES string of the molecule is CCc1cc([N+](=O)[O-])ccc1-c1ccc(C(=O)OC)o1. The van der Waals surface area contributed by atoms with Crippen LogP contribution in [0.25, 0.3) is 11.3 Å². The molecule has 0 bridgehead atoms. The number of esters is 1. The Morgan fingerprint density at radius 2 is 2.10 bits per heavy atom. The van der Waals surface area contributed by atoms with Crippen LogP contribution in [0, 0.1) is 10.1 Å². The van der Waals surface area contributed by atoms with E-state index in [-0.39, 0.29) is 11.4 Å². The Bertz CT molecular complexity index is 659. The van der Waals surface area contributed by atoms with Crippen molar-refractivity contribution in [2.45, 2.75) is 13.3 Å². The van der Waals surface area contributed by atoms with E-state index >= 15 is 0 Å². The maximum atomic E-state index is 11.4. The smallest absolute Gasteiger partial charge is 0.373 e. The molecular formula is C14H13NO5. The van der Waals surface area contributed by atoms with Crippen molar-refractivity contribution in [3.05, 3.63) is 51.8 Å². The van der Waals surface area contributed by atoms with Crippen LogP contribution >= 0.6 is 0 Å². The molecule has 1 heterocycles. The number of ether oxygens (including phenoxy) is 1. The fourth-order valence-corrected chi connectivity index (χ4v) is 1.92. The summed E-state index contributed by atoms with van der Waals surface area (Å²) in [6.45, 7) is 1.90. The summed E-state index contributed by atoms with van der Waals surface area (Å²) < 4.78 is 9.99. The molecule has 104 valence electrons. The van der Waals surface area contributed by atoms with Crippen LogP contribution in [0.3, 0.4) is 0 Å². The van der Waals surface area contributed by atoms with Crippen molar-refractivity contribution in [1.29, 1.82) is 0 Å². The second kappa shape index (κ2) is 5.56. The number of hydrogen-bond acceptors (Lipinski definition) is 5. The average Bonchev–Trinajstić information content (AvgIpc) is 2.95. The van der Waals surface area contributed by atoms with Gasteiger partial charge in [0.1, 0.15) is 5.76 Å². The van der Waals surface area contributed by atoms with Crippen molar-refractivity contribution in [3.8, 4) is 11.3 Å². The predicted octanol–water partition coefficient (Wildman–Crippen LogP) is 3.20. The lowest BCUT2D eigenvalue weighted by molar-refractivity contribution is -0.384. The molecule has 20 heavy (non-hydrogen) atoms. The molecular weight excluding hydrogens is 262 g/mol. The Labute approximate surface area is 115 Å². The van der Waals surface area contributed by atoms with Gasteiger partial charge in [0.05, 0.1) is 12.0 Å². The molecule has 0 aliphatic heterocycles. The van der Waals surface area contributed by atoms with Gasteiger partial charge >= 0.3 is 5.97 Å². The lowest BCUT2D eigenvalue weighted by Crippen LogP contribution is -1.98. The lowest BCUT2D eigenvalue weighted by atomic mass is 10.0. The molecule has 0 aliphatic carbocycles. The van der Waals surface area contributed by atoms with Crippen molar-refractivity contribution in [2.75, 3.05) is 7.11 Å². The molecule has 6 heteroatoms. The number of nitro benzene ring substituents is 1. The Balaban J connectivity index is 2.44. The minimum Gasteiger partial charge on any atom is -0.463 e. The van der Waals surface area contributed by atoms with Crippen molar-refractivity contribution in [2.24, 2.45) is 0 Å². The van der Waals surface area contributed by atoms with E-state index in [9.17, 15) is 14.9 Å². The van der Waals surface area contributed by atoms with Gasteiger partial charge in [-0.2, -0.15) is 0 Å². The zero-order valence-corrected chi connectivity index (χ0v) is 11.1. The molecule has 0 unspecified atom stereocenters. The molecule has 0 saturated heterocycles. The zero-order valence-electron chi connectivity index (χ0n) is 11.1. The minimum absolute atomic E-state index is 0.0327. The van der Waals surface area contributed by atoms with E-state index in [1.165, 1.54) is 25.3 Å². The van der Waals surface area contributed by atoms with E-state index in [2.05, 4.69) is 4.74 Å². The molecule has 0 radical (unpaired) electrons. The first-order valence-corrected chi connectivity index (χ1v) is 6.02. The van der Waals surface area contributed by atoms with E-state index in [1.807, 2.05) is 6.92 Å². The summed E-state index contributed by atoms with van der Waals surface area (Å²) in [6, 6.07) is 7.70. The van der Waals surface area contributed by atoms with Gasteiger partial charge in [-0.25, -0.2) is 4.79 Å². The maximum Gasteiger partial charge on any atom is 0.373 e. The fourth-order valence-electron chi connectivity index (χ4n) is 1.92. The molecule has 6 nitrogen and oxygen atoms in total. The van der Waals surface area contributed by atoms with Gasteiger partial charge in [-0.1, -0.05) is 6.92 Å². The summed E-state index contributed by atoms with van der Waals surface area (Å²) in [5, 5.41) is 10.8. The number of nitro groups is 1. The number of methoxy groups -OCH3 is 1. The Kier molecular flexibility index (Phi) is 3.84. The van der Waals surface area contributed by atoms with Crippen LogP contribution in [0.5, 0.6) is 0 Å². The molecule has 1 aromatic heterocycles. The maximum absolute atomic E-state index is 11.4. The number of rotatable bonds is 4. The Morgan fingerprint density at radius 3 is 2.70 bits per heavy atom. The first-order valence-electron chi connectivity index (χ1n) is 6.02. The van der Waals surface area contributed by atoms with Crippen molar-refractivity contribution < 1.29 is 18.9 Å². The molecule has 0 aliphatic rings. The third kappa shape index (κ3) is 2.54. The van der Waals surface area contributed by atoms with Gasteiger partial charge in [0, 0.05) is 17.7 Å². The molecule has 0 N–H and O–H groups in total. The third-order valence-electron chi connectivity index (χ3n) is 2.94. The number of hydrogen-bond donors (Lipinski definition) is 0. The number of carbonyl (C=O) groups excluding carboxylic acids is 1. The van der Waals surface area contributed by atoms with Crippen LogP contribution in [0.15, 0.2) is 34.7 Å². The first kappa shape index (κ1) is 13.8. The van der Waals surface area contributed by atoms with Crippen molar-refractivity contribution in [3.63, 3.8) is 0 Å². The van der Waals surface area contributed by atoms with E-state index in [0.717, 1.165) is 11.1 Å². The third-order valence-corrected chi connectivity index (χ3v) is 2.94. The molecule has 2 aromatic rings. The highest BCUT2D eigenvalue weighted by atomic mass is 16.6. The van der Waals surface area contributed by atoms with Gasteiger partial charge < -0.3 is 9.15 Å². The summed E-state index contributed by atoms with van der Waals surface area (Å²) in [7, 11) is 1.27. The number of nitrogens with zero attached hydrogens (tertiary/aromatic N) is 1. The summed E-state index contributed by atoms with van der Waals surface area (Å²) >= 11 is 0. The summed E-state index contributed by atoms with van der Waals surface area (Å²) in [4.78, 5) is 21.7. The Morgan fingerprint density at radius 1 is 1.35 bits per heavy atom. The van der Waals surface area contributed by atoms with E-state index in [1.54, 1.807) is 12.1 Å². The topological polar surface area (TPSA) is 82.6 Å². The van der Waals surface area contributed by atoms with Crippen LogP contribution in [-0.4, -0.2) is 18.0 Å². The van der Waals surface area contributed by atoms with Gasteiger partial charge in [-0.05, 0) is 30.2 Å². The highest BCUT2D eigenvalue weighted by Crippen LogP contribution is 2.29. The monoisotopic (exact) mass is 275 g/mol. The number of benzene rings is 1. The Hall–Kier alpha value is -2.63. The number of furan rings is 1. The van der Waals surface area contributed by atoms with Crippen LogP contribution in [-0.2, 0) is 11.2 Å². The normalized spacial score (nSPS) is 10.3. The molecule has 0 atom stereocenters. The van der Waals surface area contributed by atoms with Crippen LogP contribution in [0.1, 0.15) is 23.0 Å². The lowest BCUT2D eigenvalue weighted by Gasteiger charge is -2.05. The molecule has 2 rings (SSSR count). The zero-order chi connectivity index (χ0) is 14.7. The predicted molar refractivity (Wildman–Crippen MR) is 71.5 cm³/mol. The summed E-state index contributed by atoms with van der Waals surface area (Å²) in [5.74, 6) is 0.0243. The van der Waals surface area contributed by atoms with Gasteiger partial charge in [0.2, 0.25) is 5.76 Å². The molecule has 0 fully saturated rings.